The van der Waals surface area contributed by atoms with Gasteiger partial charge in [0, 0.05) is 21.2 Å². The molecule has 94 valence electrons. The maximum absolute atomic E-state index is 5.97. The standard InChI is InChI=1S/C15H15ClIN/c1-11(13-5-7-15(17)8-6-13)18-10-12-3-2-4-14(16)9-12/h2-9,11,18H,10H2,1H3. The molecule has 2 aromatic carbocycles. The quantitative estimate of drug-likeness (QED) is 0.762. The number of hydrogen-bond donors (Lipinski definition) is 1. The average Bonchev–Trinajstić information content (AvgIpc) is 2.37. The molecule has 1 N–H and O–H groups in total. The van der Waals surface area contributed by atoms with Crippen LogP contribution >= 0.6 is 34.2 Å². The first kappa shape index (κ1) is 13.8. The molecule has 1 atom stereocenters. The molecule has 18 heavy (non-hydrogen) atoms. The molecular weight excluding hydrogens is 357 g/mol. The lowest BCUT2D eigenvalue weighted by Crippen LogP contribution is -2.17. The van der Waals surface area contributed by atoms with Crippen molar-refractivity contribution in [3.05, 3.63) is 68.3 Å². The van der Waals surface area contributed by atoms with E-state index in [0.29, 0.717) is 6.04 Å². The zero-order valence-corrected chi connectivity index (χ0v) is 13.1. The Morgan fingerprint density at radius 3 is 2.56 bits per heavy atom. The number of benzene rings is 2. The molecule has 0 aliphatic carbocycles. The van der Waals surface area contributed by atoms with Gasteiger partial charge in [-0.25, -0.2) is 0 Å². The molecule has 0 radical (unpaired) electrons. The summed E-state index contributed by atoms with van der Waals surface area (Å²) in [5.74, 6) is 0. The van der Waals surface area contributed by atoms with E-state index in [9.17, 15) is 0 Å². The largest absolute Gasteiger partial charge is 0.306 e. The van der Waals surface area contributed by atoms with Gasteiger partial charge in [-0.2, -0.15) is 0 Å². The van der Waals surface area contributed by atoms with Crippen molar-refractivity contribution in [3.63, 3.8) is 0 Å². The Kier molecular flexibility index (Phi) is 5.03. The first-order valence-electron chi connectivity index (χ1n) is 5.88. The number of rotatable bonds is 4. The number of halogens is 2. The summed E-state index contributed by atoms with van der Waals surface area (Å²) in [7, 11) is 0. The van der Waals surface area contributed by atoms with Gasteiger partial charge in [-0.3, -0.25) is 0 Å². The molecule has 1 nitrogen and oxygen atoms in total. The minimum Gasteiger partial charge on any atom is -0.306 e. The second-order valence-electron chi connectivity index (χ2n) is 4.28. The third kappa shape index (κ3) is 3.97. The third-order valence-corrected chi connectivity index (χ3v) is 3.83. The Hall–Kier alpha value is -0.580. The van der Waals surface area contributed by atoms with Crippen molar-refractivity contribution in [2.24, 2.45) is 0 Å². The van der Waals surface area contributed by atoms with Gasteiger partial charge >= 0.3 is 0 Å². The molecule has 0 saturated carbocycles. The number of nitrogens with one attached hydrogen (secondary N) is 1. The highest BCUT2D eigenvalue weighted by Gasteiger charge is 2.04. The molecular formula is C15H15ClIN. The second-order valence-corrected chi connectivity index (χ2v) is 5.97. The topological polar surface area (TPSA) is 12.0 Å². The van der Waals surface area contributed by atoms with Crippen LogP contribution in [0.4, 0.5) is 0 Å². The summed E-state index contributed by atoms with van der Waals surface area (Å²) in [6.45, 7) is 3.00. The predicted octanol–water partition coefficient (Wildman–Crippen LogP) is 4.80. The molecule has 0 heterocycles. The third-order valence-electron chi connectivity index (χ3n) is 2.87. The van der Waals surface area contributed by atoms with Gasteiger partial charge in [0.05, 0.1) is 0 Å². The fourth-order valence-electron chi connectivity index (χ4n) is 1.79. The van der Waals surface area contributed by atoms with Crippen molar-refractivity contribution in [3.8, 4) is 0 Å². The van der Waals surface area contributed by atoms with E-state index in [1.165, 1.54) is 14.7 Å². The zero-order valence-electron chi connectivity index (χ0n) is 10.2. The van der Waals surface area contributed by atoms with E-state index in [-0.39, 0.29) is 0 Å². The van der Waals surface area contributed by atoms with Crippen molar-refractivity contribution in [1.82, 2.24) is 5.32 Å². The Bertz CT molecular complexity index is 510. The van der Waals surface area contributed by atoms with Gasteiger partial charge in [0.15, 0.2) is 0 Å². The Morgan fingerprint density at radius 2 is 1.89 bits per heavy atom. The highest BCUT2D eigenvalue weighted by Crippen LogP contribution is 2.16. The van der Waals surface area contributed by atoms with Crippen LogP contribution < -0.4 is 5.32 Å². The van der Waals surface area contributed by atoms with Gasteiger partial charge in [-0.15, -0.1) is 0 Å². The minimum absolute atomic E-state index is 0.334. The molecule has 2 rings (SSSR count). The lowest BCUT2D eigenvalue weighted by molar-refractivity contribution is 0.574. The van der Waals surface area contributed by atoms with Crippen LogP contribution in [0.1, 0.15) is 24.1 Å². The van der Waals surface area contributed by atoms with Crippen LogP contribution in [0.5, 0.6) is 0 Å². The second kappa shape index (κ2) is 6.55. The zero-order chi connectivity index (χ0) is 13.0. The molecule has 0 aromatic heterocycles. The summed E-state index contributed by atoms with van der Waals surface area (Å²) in [5, 5.41) is 4.29. The molecule has 0 fully saturated rings. The van der Waals surface area contributed by atoms with Crippen LogP contribution in [0.2, 0.25) is 5.02 Å². The Morgan fingerprint density at radius 1 is 1.17 bits per heavy atom. The molecule has 1 unspecified atom stereocenters. The van der Waals surface area contributed by atoms with E-state index in [2.05, 4.69) is 65.2 Å². The molecule has 0 aliphatic rings. The summed E-state index contributed by atoms with van der Waals surface area (Å²) in [4.78, 5) is 0. The molecule has 0 bridgehead atoms. The van der Waals surface area contributed by atoms with Crippen LogP contribution in [0.3, 0.4) is 0 Å². The van der Waals surface area contributed by atoms with E-state index in [1.54, 1.807) is 0 Å². The van der Waals surface area contributed by atoms with E-state index < -0.39 is 0 Å². The van der Waals surface area contributed by atoms with Crippen LogP contribution in [-0.2, 0) is 6.54 Å². The van der Waals surface area contributed by atoms with Gasteiger partial charge in [-0.05, 0) is 64.9 Å². The lowest BCUT2D eigenvalue weighted by Gasteiger charge is -2.14. The predicted molar refractivity (Wildman–Crippen MR) is 85.9 cm³/mol. The summed E-state index contributed by atoms with van der Waals surface area (Å²) < 4.78 is 1.26. The van der Waals surface area contributed by atoms with Gasteiger partial charge in [0.2, 0.25) is 0 Å². The van der Waals surface area contributed by atoms with E-state index in [1.807, 2.05) is 18.2 Å². The first-order valence-corrected chi connectivity index (χ1v) is 7.34. The fourth-order valence-corrected chi connectivity index (χ4v) is 2.36. The van der Waals surface area contributed by atoms with Crippen molar-refractivity contribution in [1.29, 1.82) is 0 Å². The Balaban J connectivity index is 1.96. The molecule has 0 spiro atoms. The molecule has 2 aromatic rings. The maximum Gasteiger partial charge on any atom is 0.0409 e. The van der Waals surface area contributed by atoms with Gasteiger partial charge in [0.1, 0.15) is 0 Å². The van der Waals surface area contributed by atoms with E-state index >= 15 is 0 Å². The average molecular weight is 372 g/mol. The molecule has 3 heteroatoms. The van der Waals surface area contributed by atoms with E-state index in [0.717, 1.165) is 11.6 Å². The Labute approximate surface area is 127 Å². The summed E-state index contributed by atoms with van der Waals surface area (Å²) in [6, 6.07) is 16.9. The maximum atomic E-state index is 5.97. The monoisotopic (exact) mass is 371 g/mol. The highest BCUT2D eigenvalue weighted by atomic mass is 127. The molecule has 0 amide bonds. The lowest BCUT2D eigenvalue weighted by atomic mass is 10.1. The van der Waals surface area contributed by atoms with E-state index in [4.69, 9.17) is 11.6 Å². The van der Waals surface area contributed by atoms with Crippen LogP contribution in [0.15, 0.2) is 48.5 Å². The SMILES string of the molecule is CC(NCc1cccc(Cl)c1)c1ccc(I)cc1. The fraction of sp³-hybridized carbons (Fsp3) is 0.200. The van der Waals surface area contributed by atoms with Crippen LogP contribution in [0.25, 0.3) is 0 Å². The summed E-state index contributed by atoms with van der Waals surface area (Å²) in [5.41, 5.74) is 2.51. The van der Waals surface area contributed by atoms with Crippen molar-refractivity contribution >= 4 is 34.2 Å². The van der Waals surface area contributed by atoms with Gasteiger partial charge < -0.3 is 5.32 Å². The molecule has 0 aliphatic heterocycles. The van der Waals surface area contributed by atoms with Crippen LogP contribution in [0, 0.1) is 3.57 Å². The van der Waals surface area contributed by atoms with Crippen LogP contribution in [-0.4, -0.2) is 0 Å². The summed E-state index contributed by atoms with van der Waals surface area (Å²) >= 11 is 8.29. The minimum atomic E-state index is 0.334. The van der Waals surface area contributed by atoms with Crippen molar-refractivity contribution in [2.45, 2.75) is 19.5 Å². The first-order chi connectivity index (χ1) is 8.65. The van der Waals surface area contributed by atoms with Crippen molar-refractivity contribution < 1.29 is 0 Å². The summed E-state index contributed by atoms with van der Waals surface area (Å²) in [6.07, 6.45) is 0. The van der Waals surface area contributed by atoms with Gasteiger partial charge in [-0.1, -0.05) is 35.9 Å². The number of hydrogen-bond acceptors (Lipinski definition) is 1. The van der Waals surface area contributed by atoms with Gasteiger partial charge in [0.25, 0.3) is 0 Å². The smallest absolute Gasteiger partial charge is 0.0409 e. The molecule has 0 saturated heterocycles. The highest BCUT2D eigenvalue weighted by molar-refractivity contribution is 14.1. The van der Waals surface area contributed by atoms with Crippen molar-refractivity contribution in [2.75, 3.05) is 0 Å². The normalized spacial score (nSPS) is 12.4.